The average molecular weight is 259 g/mol. The Labute approximate surface area is 107 Å². The third-order valence-electron chi connectivity index (χ3n) is 2.64. The van der Waals surface area contributed by atoms with Gasteiger partial charge in [-0.3, -0.25) is 4.79 Å². The minimum absolute atomic E-state index is 0.216. The molecule has 1 unspecified atom stereocenters. The summed E-state index contributed by atoms with van der Waals surface area (Å²) in [7, 11) is 1.51. The number of nitrogens with two attached hydrogens (primary N) is 1. The monoisotopic (exact) mass is 258 g/mol. The first-order valence-electron chi connectivity index (χ1n) is 5.61. The van der Waals surface area contributed by atoms with Gasteiger partial charge in [-0.05, 0) is 25.3 Å². The molecule has 1 atom stereocenters. The Morgan fingerprint density at radius 2 is 2.35 bits per heavy atom. The van der Waals surface area contributed by atoms with Gasteiger partial charge in [0.1, 0.15) is 6.04 Å². The molecule has 0 heterocycles. The van der Waals surface area contributed by atoms with E-state index in [1.165, 1.54) is 12.7 Å². The Morgan fingerprint density at radius 3 is 3.00 bits per heavy atom. The average Bonchev–Trinajstić information content (AvgIpc) is 2.30. The molecule has 0 bridgehead atoms. The Balaban J connectivity index is 2.48. The Bertz CT molecular complexity index is 350. The molecule has 0 saturated carbocycles. The second-order valence-electron chi connectivity index (χ2n) is 4.20. The van der Waals surface area contributed by atoms with E-state index in [0.717, 1.165) is 23.4 Å². The molecule has 0 saturated heterocycles. The molecule has 5 heteroatoms. The van der Waals surface area contributed by atoms with Crippen LogP contribution in [-0.2, 0) is 9.53 Å². The molecule has 1 amide bonds. The molecule has 0 spiro atoms. The van der Waals surface area contributed by atoms with Crippen LogP contribution in [0.15, 0.2) is 22.3 Å². The van der Waals surface area contributed by atoms with E-state index in [1.807, 2.05) is 6.08 Å². The van der Waals surface area contributed by atoms with E-state index in [2.05, 4.69) is 12.2 Å². The fraction of sp³-hybridized carbons (Fsp3) is 0.583. The molecular weight excluding hydrogens is 240 g/mol. The van der Waals surface area contributed by atoms with Gasteiger partial charge in [0, 0.05) is 18.7 Å². The van der Waals surface area contributed by atoms with Crippen molar-refractivity contribution in [3.8, 4) is 0 Å². The zero-order valence-electron chi connectivity index (χ0n) is 10.3. The maximum Gasteiger partial charge on any atom is 0.239 e. The van der Waals surface area contributed by atoms with Crippen LogP contribution in [0.1, 0.15) is 19.8 Å². The lowest BCUT2D eigenvalue weighted by atomic mass is 10.0. The van der Waals surface area contributed by atoms with Gasteiger partial charge in [-0.25, -0.2) is 0 Å². The van der Waals surface area contributed by atoms with Crippen LogP contribution in [0.2, 0.25) is 0 Å². The number of allylic oxidation sites excluding steroid dienone is 2. The van der Waals surface area contributed by atoms with Crippen molar-refractivity contribution in [3.63, 3.8) is 0 Å². The van der Waals surface area contributed by atoms with E-state index in [1.54, 1.807) is 0 Å². The van der Waals surface area contributed by atoms with Crippen LogP contribution in [0.5, 0.6) is 0 Å². The van der Waals surface area contributed by atoms with E-state index < -0.39 is 6.04 Å². The van der Waals surface area contributed by atoms with Crippen molar-refractivity contribution >= 4 is 17.5 Å². The maximum absolute atomic E-state index is 11.6. The standard InChI is InChI=1S/C12H19ClN2O2/c1-8-3-4-10(13)9(5-8)6-15-12(16)11(14)7-17-2/h5,11H,3-4,6-7,14H2,1-2H3,(H,15,16). The topological polar surface area (TPSA) is 64.3 Å². The summed E-state index contributed by atoms with van der Waals surface area (Å²) < 4.78 is 4.82. The lowest BCUT2D eigenvalue weighted by Gasteiger charge is -2.16. The Hall–Kier alpha value is -0.840. The summed E-state index contributed by atoms with van der Waals surface area (Å²) in [5, 5.41) is 3.57. The maximum atomic E-state index is 11.6. The third-order valence-corrected chi connectivity index (χ3v) is 3.08. The molecule has 0 aliphatic heterocycles. The van der Waals surface area contributed by atoms with Crippen molar-refractivity contribution in [1.29, 1.82) is 0 Å². The highest BCUT2D eigenvalue weighted by Gasteiger charge is 2.14. The first kappa shape index (κ1) is 14.2. The van der Waals surface area contributed by atoms with Crippen molar-refractivity contribution in [2.45, 2.75) is 25.8 Å². The van der Waals surface area contributed by atoms with Crippen molar-refractivity contribution in [1.82, 2.24) is 5.32 Å². The summed E-state index contributed by atoms with van der Waals surface area (Å²) in [5.41, 5.74) is 7.85. The molecule has 4 nitrogen and oxygen atoms in total. The van der Waals surface area contributed by atoms with Gasteiger partial charge in [0.05, 0.1) is 6.61 Å². The fourth-order valence-electron chi connectivity index (χ4n) is 1.63. The minimum Gasteiger partial charge on any atom is -0.383 e. The van der Waals surface area contributed by atoms with Crippen LogP contribution in [0.25, 0.3) is 0 Å². The number of methoxy groups -OCH3 is 1. The second kappa shape index (κ2) is 6.79. The Morgan fingerprint density at radius 1 is 1.65 bits per heavy atom. The number of halogens is 1. The zero-order valence-corrected chi connectivity index (χ0v) is 11.0. The van der Waals surface area contributed by atoms with Crippen molar-refractivity contribution < 1.29 is 9.53 Å². The number of hydrogen-bond donors (Lipinski definition) is 2. The molecule has 0 aromatic heterocycles. The summed E-state index contributed by atoms with van der Waals surface area (Å²) in [5.74, 6) is -0.222. The molecule has 0 aromatic carbocycles. The predicted octanol–water partition coefficient (Wildman–Crippen LogP) is 1.31. The van der Waals surface area contributed by atoms with Gasteiger partial charge in [-0.1, -0.05) is 23.3 Å². The van der Waals surface area contributed by atoms with E-state index in [0.29, 0.717) is 6.54 Å². The Kier molecular flexibility index (Phi) is 5.68. The first-order valence-corrected chi connectivity index (χ1v) is 5.99. The SMILES string of the molecule is COCC(N)C(=O)NCC1=C(Cl)CCC(C)=C1. The molecule has 96 valence electrons. The normalized spacial score (nSPS) is 17.8. The molecule has 0 fully saturated rings. The molecule has 0 aromatic rings. The van der Waals surface area contributed by atoms with Crippen LogP contribution in [-0.4, -0.2) is 32.2 Å². The van der Waals surface area contributed by atoms with Crippen molar-refractivity contribution in [2.75, 3.05) is 20.3 Å². The predicted molar refractivity (Wildman–Crippen MR) is 68.7 cm³/mol. The molecule has 0 radical (unpaired) electrons. The quantitative estimate of drug-likeness (QED) is 0.782. The van der Waals surface area contributed by atoms with E-state index in [9.17, 15) is 4.79 Å². The summed E-state index contributed by atoms with van der Waals surface area (Å²) in [4.78, 5) is 11.6. The van der Waals surface area contributed by atoms with Crippen LogP contribution in [0.4, 0.5) is 0 Å². The molecule has 1 rings (SSSR count). The van der Waals surface area contributed by atoms with E-state index in [-0.39, 0.29) is 12.5 Å². The van der Waals surface area contributed by atoms with Crippen LogP contribution < -0.4 is 11.1 Å². The number of ether oxygens (including phenoxy) is 1. The summed E-state index contributed by atoms with van der Waals surface area (Å²) in [6.45, 7) is 2.70. The van der Waals surface area contributed by atoms with Gasteiger partial charge >= 0.3 is 0 Å². The van der Waals surface area contributed by atoms with Crippen LogP contribution in [0, 0.1) is 0 Å². The largest absolute Gasteiger partial charge is 0.383 e. The van der Waals surface area contributed by atoms with Gasteiger partial charge in [0.2, 0.25) is 5.91 Å². The number of carbonyl (C=O) groups is 1. The third kappa shape index (κ3) is 4.50. The highest BCUT2D eigenvalue weighted by Crippen LogP contribution is 2.25. The number of amides is 1. The van der Waals surface area contributed by atoms with Crippen molar-refractivity contribution in [3.05, 3.63) is 22.3 Å². The van der Waals surface area contributed by atoms with Crippen LogP contribution in [0.3, 0.4) is 0 Å². The number of hydrogen-bond acceptors (Lipinski definition) is 3. The lowest BCUT2D eigenvalue weighted by molar-refractivity contribution is -0.123. The van der Waals surface area contributed by atoms with Crippen molar-refractivity contribution in [2.24, 2.45) is 5.73 Å². The number of rotatable bonds is 5. The first-order chi connectivity index (χ1) is 8.04. The highest BCUT2D eigenvalue weighted by molar-refractivity contribution is 6.30. The number of nitrogens with one attached hydrogen (secondary N) is 1. The lowest BCUT2D eigenvalue weighted by Crippen LogP contribution is -2.44. The zero-order chi connectivity index (χ0) is 12.8. The summed E-state index contributed by atoms with van der Waals surface area (Å²) in [6.07, 6.45) is 3.85. The van der Waals surface area contributed by atoms with E-state index in [4.69, 9.17) is 22.1 Å². The molecule has 17 heavy (non-hydrogen) atoms. The van der Waals surface area contributed by atoms with Gasteiger partial charge in [0.15, 0.2) is 0 Å². The second-order valence-corrected chi connectivity index (χ2v) is 4.66. The summed E-state index contributed by atoms with van der Waals surface area (Å²) >= 11 is 6.10. The highest BCUT2D eigenvalue weighted by atomic mass is 35.5. The number of carbonyl (C=O) groups excluding carboxylic acids is 1. The minimum atomic E-state index is -0.631. The molecule has 1 aliphatic rings. The summed E-state index contributed by atoms with van der Waals surface area (Å²) in [6, 6.07) is -0.631. The smallest absolute Gasteiger partial charge is 0.239 e. The van der Waals surface area contributed by atoms with Gasteiger partial charge in [-0.2, -0.15) is 0 Å². The van der Waals surface area contributed by atoms with Gasteiger partial charge in [0.25, 0.3) is 0 Å². The molecular formula is C12H19ClN2O2. The molecule has 1 aliphatic carbocycles. The molecule has 3 N–H and O–H groups in total. The van der Waals surface area contributed by atoms with Gasteiger partial charge in [-0.15, -0.1) is 0 Å². The van der Waals surface area contributed by atoms with Gasteiger partial charge < -0.3 is 15.8 Å². The fourth-order valence-corrected chi connectivity index (χ4v) is 1.85. The van der Waals surface area contributed by atoms with Crippen LogP contribution >= 0.6 is 11.6 Å². The van der Waals surface area contributed by atoms with E-state index >= 15 is 0 Å².